The van der Waals surface area contributed by atoms with Crippen LogP contribution in [0.1, 0.15) is 44.2 Å². The Bertz CT molecular complexity index is 495. The average molecular weight is 317 g/mol. The van der Waals surface area contributed by atoms with Gasteiger partial charge in [-0.3, -0.25) is 4.79 Å². The van der Waals surface area contributed by atoms with Gasteiger partial charge in [0.05, 0.1) is 5.56 Å². The standard InChI is InChI=1S/C16H22F3NO2/c1-3-11(8-9-15(2,20)14(21)22)10-12-4-6-13(7-5-12)16(17,18)19/h4-7,11H,3,8-10,20H2,1-2H3,(H,21,22). The lowest BCUT2D eigenvalue weighted by Gasteiger charge is -2.22. The Morgan fingerprint density at radius 2 is 1.82 bits per heavy atom. The van der Waals surface area contributed by atoms with Crippen molar-refractivity contribution < 1.29 is 23.1 Å². The van der Waals surface area contributed by atoms with Crippen molar-refractivity contribution in [3.63, 3.8) is 0 Å². The second-order valence-electron chi connectivity index (χ2n) is 5.93. The molecule has 0 saturated carbocycles. The summed E-state index contributed by atoms with van der Waals surface area (Å²) in [6, 6.07) is 5.10. The zero-order valence-corrected chi connectivity index (χ0v) is 12.8. The molecule has 0 aliphatic heterocycles. The molecule has 0 radical (unpaired) electrons. The van der Waals surface area contributed by atoms with Crippen LogP contribution in [-0.2, 0) is 17.4 Å². The van der Waals surface area contributed by atoms with Crippen molar-refractivity contribution in [3.8, 4) is 0 Å². The molecule has 22 heavy (non-hydrogen) atoms. The number of carbonyl (C=O) groups is 1. The van der Waals surface area contributed by atoms with E-state index in [0.717, 1.165) is 24.1 Å². The Balaban J connectivity index is 2.65. The molecule has 0 aliphatic carbocycles. The van der Waals surface area contributed by atoms with E-state index >= 15 is 0 Å². The summed E-state index contributed by atoms with van der Waals surface area (Å²) in [6.45, 7) is 3.45. The number of carboxylic acids is 1. The zero-order valence-electron chi connectivity index (χ0n) is 12.8. The second-order valence-corrected chi connectivity index (χ2v) is 5.93. The van der Waals surface area contributed by atoms with Gasteiger partial charge in [0.25, 0.3) is 0 Å². The maximum absolute atomic E-state index is 12.5. The molecule has 1 aromatic carbocycles. The van der Waals surface area contributed by atoms with Crippen LogP contribution in [-0.4, -0.2) is 16.6 Å². The van der Waals surface area contributed by atoms with E-state index in [4.69, 9.17) is 10.8 Å². The molecular weight excluding hydrogens is 295 g/mol. The van der Waals surface area contributed by atoms with Crippen LogP contribution in [0.2, 0.25) is 0 Å². The highest BCUT2D eigenvalue weighted by Crippen LogP contribution is 2.30. The fourth-order valence-electron chi connectivity index (χ4n) is 2.22. The Hall–Kier alpha value is -1.56. The summed E-state index contributed by atoms with van der Waals surface area (Å²) in [5.74, 6) is -0.851. The Labute approximate surface area is 128 Å². The van der Waals surface area contributed by atoms with Gasteiger partial charge in [0, 0.05) is 0 Å². The molecular formula is C16H22F3NO2. The van der Waals surface area contributed by atoms with Crippen LogP contribution in [0.4, 0.5) is 13.2 Å². The summed E-state index contributed by atoms with van der Waals surface area (Å²) in [5.41, 5.74) is 4.58. The van der Waals surface area contributed by atoms with E-state index in [1.54, 1.807) is 0 Å². The molecule has 6 heteroatoms. The summed E-state index contributed by atoms with van der Waals surface area (Å²) in [7, 11) is 0. The third-order valence-electron chi connectivity index (χ3n) is 3.94. The van der Waals surface area contributed by atoms with Gasteiger partial charge >= 0.3 is 12.1 Å². The Morgan fingerprint density at radius 1 is 1.27 bits per heavy atom. The van der Waals surface area contributed by atoms with E-state index < -0.39 is 23.2 Å². The molecule has 0 amide bonds. The highest BCUT2D eigenvalue weighted by Gasteiger charge is 2.30. The molecule has 0 heterocycles. The van der Waals surface area contributed by atoms with Crippen molar-refractivity contribution in [2.45, 2.75) is 51.2 Å². The van der Waals surface area contributed by atoms with Gasteiger partial charge in [-0.05, 0) is 49.8 Å². The van der Waals surface area contributed by atoms with Gasteiger partial charge in [-0.25, -0.2) is 0 Å². The van der Waals surface area contributed by atoms with Crippen LogP contribution >= 0.6 is 0 Å². The zero-order chi connectivity index (χ0) is 17.0. The van der Waals surface area contributed by atoms with Gasteiger partial charge in [0.1, 0.15) is 5.54 Å². The first-order valence-electron chi connectivity index (χ1n) is 7.24. The molecule has 0 bridgehead atoms. The molecule has 3 nitrogen and oxygen atoms in total. The molecule has 3 N–H and O–H groups in total. The van der Waals surface area contributed by atoms with Gasteiger partial charge in [0.2, 0.25) is 0 Å². The van der Waals surface area contributed by atoms with Crippen LogP contribution < -0.4 is 5.73 Å². The summed E-state index contributed by atoms with van der Waals surface area (Å²) in [6.07, 6.45) is -1.94. The Morgan fingerprint density at radius 3 is 2.23 bits per heavy atom. The Kier molecular flexibility index (Phi) is 6.00. The molecule has 2 atom stereocenters. The number of alkyl halides is 3. The van der Waals surface area contributed by atoms with Gasteiger partial charge in [-0.15, -0.1) is 0 Å². The first kappa shape index (κ1) is 18.5. The summed E-state index contributed by atoms with van der Waals surface area (Å²) in [5, 5.41) is 8.99. The lowest BCUT2D eigenvalue weighted by atomic mass is 9.87. The van der Waals surface area contributed by atoms with Crippen molar-refractivity contribution in [3.05, 3.63) is 35.4 Å². The number of aliphatic carboxylic acids is 1. The molecule has 0 aromatic heterocycles. The molecule has 2 unspecified atom stereocenters. The molecule has 0 saturated heterocycles. The van der Waals surface area contributed by atoms with Gasteiger partial charge < -0.3 is 10.8 Å². The van der Waals surface area contributed by atoms with Crippen LogP contribution in [0.5, 0.6) is 0 Å². The van der Waals surface area contributed by atoms with E-state index in [-0.39, 0.29) is 5.92 Å². The molecule has 0 spiro atoms. The SMILES string of the molecule is CCC(CCC(C)(N)C(=O)O)Cc1ccc(C(F)(F)F)cc1. The minimum Gasteiger partial charge on any atom is -0.480 e. The van der Waals surface area contributed by atoms with Crippen molar-refractivity contribution in [2.24, 2.45) is 11.7 Å². The number of hydrogen-bond donors (Lipinski definition) is 2. The number of hydrogen-bond acceptors (Lipinski definition) is 2. The van der Waals surface area contributed by atoms with Crippen LogP contribution in [0.15, 0.2) is 24.3 Å². The quantitative estimate of drug-likeness (QED) is 0.803. The van der Waals surface area contributed by atoms with Crippen LogP contribution in [0, 0.1) is 5.92 Å². The van der Waals surface area contributed by atoms with Gasteiger partial charge in [-0.2, -0.15) is 13.2 Å². The average Bonchev–Trinajstić information content (AvgIpc) is 2.42. The monoisotopic (exact) mass is 317 g/mol. The lowest BCUT2D eigenvalue weighted by Crippen LogP contribution is -2.45. The molecule has 0 fully saturated rings. The second kappa shape index (κ2) is 7.13. The predicted molar refractivity (Wildman–Crippen MR) is 78.4 cm³/mol. The minimum absolute atomic E-state index is 0.193. The normalized spacial score (nSPS) is 16.1. The first-order chi connectivity index (χ1) is 10.1. The van der Waals surface area contributed by atoms with Crippen LogP contribution in [0.25, 0.3) is 0 Å². The number of halogens is 3. The van der Waals surface area contributed by atoms with Crippen LogP contribution in [0.3, 0.4) is 0 Å². The van der Waals surface area contributed by atoms with E-state index in [1.165, 1.54) is 19.1 Å². The first-order valence-corrected chi connectivity index (χ1v) is 7.24. The molecule has 1 aromatic rings. The maximum atomic E-state index is 12.5. The highest BCUT2D eigenvalue weighted by molar-refractivity contribution is 5.77. The number of rotatable bonds is 7. The maximum Gasteiger partial charge on any atom is 0.416 e. The highest BCUT2D eigenvalue weighted by atomic mass is 19.4. The summed E-state index contributed by atoms with van der Waals surface area (Å²) in [4.78, 5) is 11.0. The fraction of sp³-hybridized carbons (Fsp3) is 0.562. The van der Waals surface area contributed by atoms with E-state index in [0.29, 0.717) is 19.3 Å². The van der Waals surface area contributed by atoms with E-state index in [9.17, 15) is 18.0 Å². The topological polar surface area (TPSA) is 63.3 Å². The van der Waals surface area contributed by atoms with Gasteiger partial charge in [-0.1, -0.05) is 25.5 Å². The van der Waals surface area contributed by atoms with E-state index in [1.807, 2.05) is 6.92 Å². The summed E-state index contributed by atoms with van der Waals surface area (Å²) >= 11 is 0. The minimum atomic E-state index is -4.33. The van der Waals surface area contributed by atoms with Gasteiger partial charge in [0.15, 0.2) is 0 Å². The third kappa shape index (κ3) is 5.33. The number of carboxylic acid groups (broad SMARTS) is 1. The van der Waals surface area contributed by atoms with E-state index in [2.05, 4.69) is 0 Å². The predicted octanol–water partition coefficient (Wildman–Crippen LogP) is 3.86. The smallest absolute Gasteiger partial charge is 0.416 e. The fourth-order valence-corrected chi connectivity index (χ4v) is 2.22. The number of nitrogens with two attached hydrogens (primary N) is 1. The molecule has 124 valence electrons. The summed E-state index contributed by atoms with van der Waals surface area (Å²) < 4.78 is 37.5. The largest absolute Gasteiger partial charge is 0.480 e. The van der Waals surface area contributed by atoms with Crippen molar-refractivity contribution >= 4 is 5.97 Å². The van der Waals surface area contributed by atoms with Crippen molar-refractivity contribution in [1.82, 2.24) is 0 Å². The third-order valence-corrected chi connectivity index (χ3v) is 3.94. The van der Waals surface area contributed by atoms with Crippen molar-refractivity contribution in [1.29, 1.82) is 0 Å². The number of benzene rings is 1. The molecule has 1 rings (SSSR count). The molecule has 0 aliphatic rings. The lowest BCUT2D eigenvalue weighted by molar-refractivity contribution is -0.143. The van der Waals surface area contributed by atoms with Crippen molar-refractivity contribution in [2.75, 3.05) is 0 Å².